The van der Waals surface area contributed by atoms with Crippen molar-refractivity contribution in [1.82, 2.24) is 10.6 Å². The molecule has 0 radical (unpaired) electrons. The Hall–Kier alpha value is -0.390. The number of ketones is 1. The van der Waals surface area contributed by atoms with Gasteiger partial charge in [0.1, 0.15) is 12.1 Å². The maximum absolute atomic E-state index is 11.2. The number of carbonyl (C=O) groups is 2. The second-order valence-electron chi connectivity index (χ2n) is 5.19. The fraction of sp³-hybridized carbons (Fsp3) is 0.867. The average Bonchev–Trinajstić information content (AvgIpc) is 2.46. The summed E-state index contributed by atoms with van der Waals surface area (Å²) in [5.41, 5.74) is -0.341. The monoisotopic (exact) mass is 302 g/mol. The van der Waals surface area contributed by atoms with Gasteiger partial charge in [-0.15, -0.1) is 0 Å². The van der Waals surface area contributed by atoms with Gasteiger partial charge >= 0.3 is 0 Å². The highest BCUT2D eigenvalue weighted by molar-refractivity contribution is 7.99. The molecule has 0 aromatic heterocycles. The van der Waals surface area contributed by atoms with Crippen molar-refractivity contribution in [3.63, 3.8) is 0 Å². The molecule has 0 spiro atoms. The van der Waals surface area contributed by atoms with Gasteiger partial charge in [0.2, 0.25) is 0 Å². The van der Waals surface area contributed by atoms with Crippen LogP contribution in [-0.4, -0.2) is 49.3 Å². The number of hydrogen-bond acceptors (Lipinski definition) is 5. The molecule has 0 aromatic rings. The van der Waals surface area contributed by atoms with Gasteiger partial charge < -0.3 is 15.4 Å². The lowest BCUT2D eigenvalue weighted by Gasteiger charge is -2.25. The highest BCUT2D eigenvalue weighted by Crippen LogP contribution is 2.17. The van der Waals surface area contributed by atoms with Crippen LogP contribution < -0.4 is 10.6 Å². The first-order valence-electron chi connectivity index (χ1n) is 7.46. The molecule has 0 aliphatic carbocycles. The van der Waals surface area contributed by atoms with Crippen molar-refractivity contribution >= 4 is 23.8 Å². The third kappa shape index (κ3) is 7.41. The van der Waals surface area contributed by atoms with E-state index in [1.807, 2.05) is 32.8 Å². The Balaban J connectivity index is 3.67. The van der Waals surface area contributed by atoms with Crippen LogP contribution in [0, 0.1) is 0 Å². The van der Waals surface area contributed by atoms with Crippen molar-refractivity contribution in [1.29, 1.82) is 0 Å². The molecule has 118 valence electrons. The van der Waals surface area contributed by atoms with E-state index in [1.54, 1.807) is 6.92 Å². The van der Waals surface area contributed by atoms with Crippen LogP contribution in [0.1, 0.15) is 46.0 Å². The van der Waals surface area contributed by atoms with E-state index in [0.717, 1.165) is 49.9 Å². The number of Topliss-reactive ketones (excluding diaryl/α,β-unsaturated/α-hetero) is 1. The van der Waals surface area contributed by atoms with Gasteiger partial charge in [-0.05, 0) is 64.6 Å². The molecule has 2 atom stereocenters. The molecule has 0 aliphatic rings. The standard InChI is InChI=1S/C15H30N2O2S/c1-5-15(12-18,17-4)9-7-11-20-10-6-8-14(16-3)13(2)19/h12,14,16-17H,5-11H2,1-4H3. The van der Waals surface area contributed by atoms with Crippen LogP contribution in [-0.2, 0) is 9.59 Å². The Labute approximate surface area is 127 Å². The number of hydrogen-bond donors (Lipinski definition) is 2. The molecule has 2 unspecified atom stereocenters. The molecule has 0 saturated heterocycles. The highest BCUT2D eigenvalue weighted by atomic mass is 32.2. The number of nitrogens with one attached hydrogen (secondary N) is 2. The molecule has 20 heavy (non-hydrogen) atoms. The number of thioether (sulfide) groups is 1. The minimum atomic E-state index is -0.341. The topological polar surface area (TPSA) is 58.2 Å². The Kier molecular flexibility index (Phi) is 11.1. The zero-order valence-electron chi connectivity index (χ0n) is 13.3. The summed E-state index contributed by atoms with van der Waals surface area (Å²) in [6, 6.07) is 0.00250. The van der Waals surface area contributed by atoms with Gasteiger partial charge in [0.15, 0.2) is 0 Å². The summed E-state index contributed by atoms with van der Waals surface area (Å²) in [5, 5.41) is 6.17. The van der Waals surface area contributed by atoms with E-state index in [2.05, 4.69) is 10.6 Å². The zero-order valence-corrected chi connectivity index (χ0v) is 14.1. The second kappa shape index (κ2) is 11.3. The van der Waals surface area contributed by atoms with Crippen molar-refractivity contribution in [2.24, 2.45) is 0 Å². The molecule has 0 heterocycles. The van der Waals surface area contributed by atoms with E-state index in [9.17, 15) is 9.59 Å². The largest absolute Gasteiger partial charge is 0.311 e. The summed E-state index contributed by atoms with van der Waals surface area (Å²) in [4.78, 5) is 22.4. The summed E-state index contributed by atoms with van der Waals surface area (Å²) < 4.78 is 0. The van der Waals surface area contributed by atoms with E-state index in [0.29, 0.717) is 0 Å². The summed E-state index contributed by atoms with van der Waals surface area (Å²) in [6.45, 7) is 3.67. The van der Waals surface area contributed by atoms with E-state index in [4.69, 9.17) is 0 Å². The van der Waals surface area contributed by atoms with Crippen LogP contribution in [0.4, 0.5) is 0 Å². The van der Waals surface area contributed by atoms with Gasteiger partial charge in [-0.1, -0.05) is 6.92 Å². The Morgan fingerprint density at radius 2 is 1.95 bits per heavy atom. The number of rotatable bonds is 13. The SMILES string of the molecule is CCC(C=O)(CCCSCCCC(NC)C(C)=O)NC. The van der Waals surface area contributed by atoms with Gasteiger partial charge in [0, 0.05) is 0 Å². The third-order valence-electron chi connectivity index (χ3n) is 3.89. The minimum Gasteiger partial charge on any atom is -0.311 e. The smallest absolute Gasteiger partial charge is 0.146 e. The van der Waals surface area contributed by atoms with Crippen LogP contribution in [0.5, 0.6) is 0 Å². The van der Waals surface area contributed by atoms with E-state index < -0.39 is 0 Å². The predicted octanol–water partition coefficient (Wildman–Crippen LogP) is 2.02. The van der Waals surface area contributed by atoms with Crippen molar-refractivity contribution in [2.45, 2.75) is 57.5 Å². The number of carbonyl (C=O) groups excluding carboxylic acids is 2. The second-order valence-corrected chi connectivity index (χ2v) is 6.41. The lowest BCUT2D eigenvalue weighted by Crippen LogP contribution is -2.44. The Bertz CT molecular complexity index is 281. The van der Waals surface area contributed by atoms with Crippen molar-refractivity contribution in [3.8, 4) is 0 Å². The van der Waals surface area contributed by atoms with Crippen molar-refractivity contribution in [3.05, 3.63) is 0 Å². The van der Waals surface area contributed by atoms with E-state index in [-0.39, 0.29) is 17.4 Å². The fourth-order valence-electron chi connectivity index (χ4n) is 2.21. The highest BCUT2D eigenvalue weighted by Gasteiger charge is 2.24. The molecule has 0 aliphatic heterocycles. The van der Waals surface area contributed by atoms with E-state index >= 15 is 0 Å². The Morgan fingerprint density at radius 1 is 1.30 bits per heavy atom. The van der Waals surface area contributed by atoms with Gasteiger partial charge in [0.25, 0.3) is 0 Å². The summed E-state index contributed by atoms with van der Waals surface area (Å²) in [5.74, 6) is 2.36. The first kappa shape index (κ1) is 19.6. The third-order valence-corrected chi connectivity index (χ3v) is 5.04. The molecule has 0 fully saturated rings. The molecular formula is C15H30N2O2S. The van der Waals surface area contributed by atoms with Crippen LogP contribution in [0.3, 0.4) is 0 Å². The fourth-order valence-corrected chi connectivity index (χ4v) is 3.14. The Morgan fingerprint density at radius 3 is 2.40 bits per heavy atom. The van der Waals surface area contributed by atoms with Crippen molar-refractivity contribution < 1.29 is 9.59 Å². The molecule has 0 bridgehead atoms. The molecule has 0 rings (SSSR count). The average molecular weight is 302 g/mol. The quantitative estimate of drug-likeness (QED) is 0.403. The lowest BCUT2D eigenvalue weighted by molar-refractivity contribution is -0.119. The van der Waals surface area contributed by atoms with Gasteiger partial charge in [-0.2, -0.15) is 11.8 Å². The maximum Gasteiger partial charge on any atom is 0.146 e. The normalized spacial score (nSPS) is 15.6. The van der Waals surface area contributed by atoms with Gasteiger partial charge in [0.05, 0.1) is 11.6 Å². The number of aldehydes is 1. The zero-order chi connectivity index (χ0) is 15.4. The first-order chi connectivity index (χ1) is 9.55. The van der Waals surface area contributed by atoms with Crippen LogP contribution in [0.2, 0.25) is 0 Å². The van der Waals surface area contributed by atoms with Crippen LogP contribution >= 0.6 is 11.8 Å². The van der Waals surface area contributed by atoms with Crippen molar-refractivity contribution in [2.75, 3.05) is 25.6 Å². The van der Waals surface area contributed by atoms with Gasteiger partial charge in [-0.25, -0.2) is 0 Å². The predicted molar refractivity (Wildman–Crippen MR) is 87.5 cm³/mol. The summed E-state index contributed by atoms with van der Waals surface area (Å²) >= 11 is 1.91. The number of likely N-dealkylation sites (N-methyl/N-ethyl adjacent to an activating group) is 2. The summed E-state index contributed by atoms with van der Waals surface area (Å²) in [7, 11) is 3.69. The molecule has 0 amide bonds. The molecule has 4 nitrogen and oxygen atoms in total. The lowest BCUT2D eigenvalue weighted by atomic mass is 9.93. The summed E-state index contributed by atoms with van der Waals surface area (Å²) in [6.07, 6.45) is 5.77. The minimum absolute atomic E-state index is 0.00250. The first-order valence-corrected chi connectivity index (χ1v) is 8.61. The van der Waals surface area contributed by atoms with Gasteiger partial charge in [-0.3, -0.25) is 4.79 Å². The molecule has 5 heteroatoms. The van der Waals surface area contributed by atoms with Crippen LogP contribution in [0.25, 0.3) is 0 Å². The molecular weight excluding hydrogens is 272 g/mol. The maximum atomic E-state index is 11.2. The van der Waals surface area contributed by atoms with Crippen LogP contribution in [0.15, 0.2) is 0 Å². The van der Waals surface area contributed by atoms with E-state index in [1.165, 1.54) is 0 Å². The molecule has 0 aromatic carbocycles. The molecule has 0 saturated carbocycles. The molecule has 2 N–H and O–H groups in total.